The summed E-state index contributed by atoms with van der Waals surface area (Å²) in [5.74, 6) is -0.115. The Labute approximate surface area is 110 Å². The Balaban J connectivity index is 2.44. The highest BCUT2D eigenvalue weighted by molar-refractivity contribution is 7.81. The third-order valence-corrected chi connectivity index (χ3v) is 3.19. The maximum atomic E-state index is 13.7. The summed E-state index contributed by atoms with van der Waals surface area (Å²) in [6, 6.07) is 2.69. The summed E-state index contributed by atoms with van der Waals surface area (Å²) in [5, 5.41) is -0.0348. The number of thiol groups is 1. The van der Waals surface area contributed by atoms with Crippen molar-refractivity contribution in [3.05, 3.63) is 17.9 Å². The first-order valence-corrected chi connectivity index (χ1v) is 5.98. The van der Waals surface area contributed by atoms with E-state index in [1.54, 1.807) is 0 Å². The Morgan fingerprint density at radius 3 is 2.50 bits per heavy atom. The zero-order valence-electron chi connectivity index (χ0n) is 10.1. The Bertz CT molecular complexity index is 481. The van der Waals surface area contributed by atoms with Crippen molar-refractivity contribution in [2.75, 3.05) is 25.7 Å². The summed E-state index contributed by atoms with van der Waals surface area (Å²) < 4.78 is 23.8. The number of anilines is 1. The summed E-state index contributed by atoms with van der Waals surface area (Å²) >= 11 is 4.27. The molecule has 0 radical (unpaired) electrons. The molecular formula is C12H14FNO3S. The zero-order valence-corrected chi connectivity index (χ0v) is 11.0. The molecule has 1 saturated heterocycles. The van der Waals surface area contributed by atoms with E-state index in [1.807, 2.05) is 0 Å². The first-order valence-electron chi connectivity index (χ1n) is 5.46. The molecule has 18 heavy (non-hydrogen) atoms. The van der Waals surface area contributed by atoms with Crippen molar-refractivity contribution in [2.45, 2.75) is 11.7 Å². The third-order valence-electron chi connectivity index (χ3n) is 2.85. The predicted molar refractivity (Wildman–Crippen MR) is 69.2 cm³/mol. The van der Waals surface area contributed by atoms with E-state index in [-0.39, 0.29) is 16.9 Å². The fourth-order valence-corrected chi connectivity index (χ4v) is 2.30. The molecule has 0 N–H and O–H groups in total. The van der Waals surface area contributed by atoms with E-state index >= 15 is 0 Å². The van der Waals surface area contributed by atoms with E-state index in [9.17, 15) is 9.18 Å². The van der Waals surface area contributed by atoms with Crippen LogP contribution >= 0.6 is 12.6 Å². The number of methoxy groups -OCH3 is 2. The highest BCUT2D eigenvalue weighted by Crippen LogP contribution is 2.37. The van der Waals surface area contributed by atoms with Crippen molar-refractivity contribution in [3.63, 3.8) is 0 Å². The van der Waals surface area contributed by atoms with Crippen molar-refractivity contribution < 1.29 is 18.7 Å². The van der Waals surface area contributed by atoms with Gasteiger partial charge in [-0.05, 0) is 0 Å². The lowest BCUT2D eigenvalue weighted by molar-refractivity contribution is -0.117. The van der Waals surface area contributed by atoms with Gasteiger partial charge in [-0.3, -0.25) is 4.79 Å². The first-order chi connectivity index (χ1) is 8.56. The highest BCUT2D eigenvalue weighted by Gasteiger charge is 2.31. The van der Waals surface area contributed by atoms with Gasteiger partial charge in [0.05, 0.1) is 19.9 Å². The summed E-state index contributed by atoms with van der Waals surface area (Å²) in [7, 11) is 2.84. The lowest BCUT2D eigenvalue weighted by Crippen LogP contribution is -2.25. The van der Waals surface area contributed by atoms with Gasteiger partial charge in [-0.15, -0.1) is 0 Å². The van der Waals surface area contributed by atoms with Gasteiger partial charge in [0.15, 0.2) is 11.6 Å². The molecule has 1 atom stereocenters. The second-order valence-electron chi connectivity index (χ2n) is 4.02. The summed E-state index contributed by atoms with van der Waals surface area (Å²) in [5.41, 5.74) is 0.414. The van der Waals surface area contributed by atoms with Crippen LogP contribution in [-0.4, -0.2) is 31.9 Å². The zero-order chi connectivity index (χ0) is 13.3. The molecule has 6 heteroatoms. The molecule has 1 amide bonds. The van der Waals surface area contributed by atoms with E-state index in [0.717, 1.165) is 0 Å². The number of carbonyl (C=O) groups excluding carboxylic acids is 1. The monoisotopic (exact) mass is 271 g/mol. The average molecular weight is 271 g/mol. The van der Waals surface area contributed by atoms with Crippen LogP contribution in [0, 0.1) is 5.82 Å². The van der Waals surface area contributed by atoms with Gasteiger partial charge >= 0.3 is 0 Å². The Morgan fingerprint density at radius 1 is 1.33 bits per heavy atom. The van der Waals surface area contributed by atoms with Crippen LogP contribution in [-0.2, 0) is 4.79 Å². The van der Waals surface area contributed by atoms with Crippen LogP contribution < -0.4 is 14.4 Å². The van der Waals surface area contributed by atoms with Gasteiger partial charge < -0.3 is 14.4 Å². The molecule has 1 aliphatic rings. The summed E-state index contributed by atoms with van der Waals surface area (Å²) in [4.78, 5) is 13.3. The van der Waals surface area contributed by atoms with E-state index in [2.05, 4.69) is 12.6 Å². The molecule has 98 valence electrons. The predicted octanol–water partition coefficient (Wildman–Crippen LogP) is 1.88. The molecule has 2 rings (SSSR count). The average Bonchev–Trinajstić information content (AvgIpc) is 2.68. The molecule has 0 aromatic heterocycles. The molecule has 0 aliphatic carbocycles. The van der Waals surface area contributed by atoms with Gasteiger partial charge in [-0.25, -0.2) is 4.39 Å². The molecule has 0 spiro atoms. The summed E-state index contributed by atoms with van der Waals surface area (Å²) in [6.45, 7) is 0.448. The van der Waals surface area contributed by atoms with Gasteiger partial charge in [0.1, 0.15) is 5.75 Å². The van der Waals surface area contributed by atoms with Crippen LogP contribution in [0.2, 0.25) is 0 Å². The molecular weight excluding hydrogens is 257 g/mol. The molecule has 4 nitrogen and oxygen atoms in total. The number of carbonyl (C=O) groups is 1. The van der Waals surface area contributed by atoms with Crippen LogP contribution in [0.4, 0.5) is 10.1 Å². The normalized spacial score (nSPS) is 19.2. The molecule has 1 aliphatic heterocycles. The number of hydrogen-bond acceptors (Lipinski definition) is 4. The van der Waals surface area contributed by atoms with Crippen molar-refractivity contribution in [2.24, 2.45) is 0 Å². The minimum atomic E-state index is -0.524. The van der Waals surface area contributed by atoms with E-state index < -0.39 is 5.82 Å². The lowest BCUT2D eigenvalue weighted by atomic mass is 10.2. The SMILES string of the molecule is COc1cc(OC)c(N2CC(S)CC2=O)cc1F. The molecule has 0 saturated carbocycles. The topological polar surface area (TPSA) is 38.8 Å². The Kier molecular flexibility index (Phi) is 3.65. The van der Waals surface area contributed by atoms with Crippen molar-refractivity contribution >= 4 is 24.2 Å². The maximum Gasteiger partial charge on any atom is 0.228 e. The van der Waals surface area contributed by atoms with Crippen molar-refractivity contribution in [1.29, 1.82) is 0 Å². The number of rotatable bonds is 3. The highest BCUT2D eigenvalue weighted by atomic mass is 32.1. The van der Waals surface area contributed by atoms with Gasteiger partial charge in [0, 0.05) is 30.3 Å². The second kappa shape index (κ2) is 5.06. The molecule has 1 aromatic rings. The number of hydrogen-bond donors (Lipinski definition) is 1. The minimum Gasteiger partial charge on any atom is -0.494 e. The fraction of sp³-hybridized carbons (Fsp3) is 0.417. The molecule has 0 bridgehead atoms. The van der Waals surface area contributed by atoms with Gasteiger partial charge in [0.25, 0.3) is 0 Å². The standard InChI is InChI=1S/C12H14FNO3S/c1-16-10-5-11(17-2)9(4-8(10)13)14-6-7(18)3-12(14)15/h4-5,7,18H,3,6H2,1-2H3. The second-order valence-corrected chi connectivity index (χ2v) is 4.75. The van der Waals surface area contributed by atoms with E-state index in [1.165, 1.54) is 31.3 Å². The molecule has 1 heterocycles. The van der Waals surface area contributed by atoms with Crippen LogP contribution in [0.25, 0.3) is 0 Å². The van der Waals surface area contributed by atoms with E-state index in [0.29, 0.717) is 24.4 Å². The van der Waals surface area contributed by atoms with Gasteiger partial charge in [0.2, 0.25) is 5.91 Å². The van der Waals surface area contributed by atoms with Gasteiger partial charge in [-0.1, -0.05) is 0 Å². The van der Waals surface area contributed by atoms with Crippen molar-refractivity contribution in [1.82, 2.24) is 0 Å². The summed E-state index contributed by atoms with van der Waals surface area (Å²) in [6.07, 6.45) is 0.347. The van der Waals surface area contributed by atoms with Crippen LogP contribution in [0.5, 0.6) is 11.5 Å². The van der Waals surface area contributed by atoms with Crippen LogP contribution in [0.15, 0.2) is 12.1 Å². The van der Waals surface area contributed by atoms with Crippen molar-refractivity contribution in [3.8, 4) is 11.5 Å². The number of ether oxygens (including phenoxy) is 2. The molecule has 1 unspecified atom stereocenters. The minimum absolute atomic E-state index is 0.0348. The Morgan fingerprint density at radius 2 is 2.00 bits per heavy atom. The van der Waals surface area contributed by atoms with E-state index in [4.69, 9.17) is 9.47 Å². The maximum absolute atomic E-state index is 13.7. The smallest absolute Gasteiger partial charge is 0.228 e. The largest absolute Gasteiger partial charge is 0.494 e. The number of halogens is 1. The Hall–Kier alpha value is -1.43. The lowest BCUT2D eigenvalue weighted by Gasteiger charge is -2.20. The fourth-order valence-electron chi connectivity index (χ4n) is 1.98. The van der Waals surface area contributed by atoms with Gasteiger partial charge in [-0.2, -0.15) is 12.6 Å². The third kappa shape index (κ3) is 2.25. The first kappa shape index (κ1) is 13.0. The molecule has 1 aromatic carbocycles. The van der Waals surface area contributed by atoms with Crippen LogP contribution in [0.1, 0.15) is 6.42 Å². The number of benzene rings is 1. The molecule has 1 fully saturated rings. The number of amides is 1. The number of nitrogens with zero attached hydrogens (tertiary/aromatic N) is 1. The quantitative estimate of drug-likeness (QED) is 0.853. The van der Waals surface area contributed by atoms with Crippen LogP contribution in [0.3, 0.4) is 0 Å².